The number of hydrogen-bond acceptors (Lipinski definition) is 3. The van der Waals surface area contributed by atoms with Crippen LogP contribution in [0.5, 0.6) is 5.75 Å². The van der Waals surface area contributed by atoms with Crippen LogP contribution in [0, 0.1) is 0 Å². The second-order valence-corrected chi connectivity index (χ2v) is 4.53. The van der Waals surface area contributed by atoms with Crippen molar-refractivity contribution in [3.8, 4) is 5.75 Å². The van der Waals surface area contributed by atoms with Crippen molar-refractivity contribution in [3.63, 3.8) is 0 Å². The summed E-state index contributed by atoms with van der Waals surface area (Å²) in [4.78, 5) is 1.22. The van der Waals surface area contributed by atoms with Gasteiger partial charge < -0.3 is 10.1 Å². The molecule has 1 aromatic rings. The minimum absolute atomic E-state index is 0.222. The number of rotatable bonds is 6. The van der Waals surface area contributed by atoms with Gasteiger partial charge in [-0.2, -0.15) is 0 Å². The predicted molar refractivity (Wildman–Crippen MR) is 66.7 cm³/mol. The normalized spacial score (nSPS) is 12.5. The fourth-order valence-electron chi connectivity index (χ4n) is 1.47. The first kappa shape index (κ1) is 12.3. The van der Waals surface area contributed by atoms with Gasteiger partial charge in [-0.25, -0.2) is 0 Å². The van der Waals surface area contributed by atoms with E-state index in [0.29, 0.717) is 0 Å². The lowest BCUT2D eigenvalue weighted by molar-refractivity contribution is 0.407. The summed E-state index contributed by atoms with van der Waals surface area (Å²) in [7, 11) is 1.71. The van der Waals surface area contributed by atoms with E-state index in [-0.39, 0.29) is 6.04 Å². The molecule has 84 valence electrons. The van der Waals surface area contributed by atoms with E-state index in [1.165, 1.54) is 4.88 Å². The largest absolute Gasteiger partial charge is 0.496 e. The van der Waals surface area contributed by atoms with Gasteiger partial charge in [-0.3, -0.25) is 0 Å². The van der Waals surface area contributed by atoms with Gasteiger partial charge >= 0.3 is 0 Å². The smallest absolute Gasteiger partial charge is 0.134 e. The Morgan fingerprint density at radius 3 is 2.93 bits per heavy atom. The molecule has 1 N–H and O–H groups in total. The molecule has 0 amide bonds. The Morgan fingerprint density at radius 2 is 2.40 bits per heavy atom. The lowest BCUT2D eigenvalue weighted by Gasteiger charge is -2.18. The molecule has 15 heavy (non-hydrogen) atoms. The Bertz CT molecular complexity index is 319. The molecule has 0 saturated carbocycles. The van der Waals surface area contributed by atoms with Gasteiger partial charge in [0.25, 0.3) is 0 Å². The number of nitrogens with one attached hydrogen (secondary N) is 1. The molecule has 0 fully saturated rings. The van der Waals surface area contributed by atoms with Gasteiger partial charge in [0.05, 0.1) is 18.0 Å². The van der Waals surface area contributed by atoms with Gasteiger partial charge in [-0.05, 0) is 31.3 Å². The molecule has 0 aliphatic carbocycles. The number of thiophene rings is 1. The Morgan fingerprint density at radius 1 is 1.67 bits per heavy atom. The van der Waals surface area contributed by atoms with E-state index in [2.05, 4.69) is 24.2 Å². The Labute approximate surface area is 96.0 Å². The molecule has 0 bridgehead atoms. The van der Waals surface area contributed by atoms with Crippen molar-refractivity contribution >= 4 is 11.3 Å². The highest BCUT2D eigenvalue weighted by molar-refractivity contribution is 7.10. The molecule has 2 nitrogen and oxygen atoms in total. The van der Waals surface area contributed by atoms with Crippen LogP contribution in [0.4, 0.5) is 0 Å². The van der Waals surface area contributed by atoms with Gasteiger partial charge in [0, 0.05) is 0 Å². The zero-order valence-corrected chi connectivity index (χ0v) is 10.5. The molecule has 0 aliphatic rings. The zero-order chi connectivity index (χ0) is 11.3. The second-order valence-electron chi connectivity index (χ2n) is 3.59. The third-order valence-corrected chi connectivity index (χ3v) is 3.19. The topological polar surface area (TPSA) is 21.3 Å². The second kappa shape index (κ2) is 5.93. The number of methoxy groups -OCH3 is 1. The van der Waals surface area contributed by atoms with E-state index in [4.69, 9.17) is 4.74 Å². The molecule has 1 unspecified atom stereocenters. The summed E-state index contributed by atoms with van der Waals surface area (Å²) in [5.74, 6) is 0.955. The van der Waals surface area contributed by atoms with Crippen molar-refractivity contribution in [3.05, 3.63) is 28.5 Å². The summed E-state index contributed by atoms with van der Waals surface area (Å²) in [6.45, 7) is 9.24. The number of hydrogen-bond donors (Lipinski definition) is 1. The average Bonchev–Trinajstić information content (AvgIpc) is 2.66. The van der Waals surface area contributed by atoms with Crippen molar-refractivity contribution in [2.24, 2.45) is 0 Å². The summed E-state index contributed by atoms with van der Waals surface area (Å²) < 4.78 is 5.33. The molecule has 3 heteroatoms. The van der Waals surface area contributed by atoms with Gasteiger partial charge in [0.2, 0.25) is 0 Å². The molecule has 0 radical (unpaired) electrons. The van der Waals surface area contributed by atoms with E-state index >= 15 is 0 Å². The highest BCUT2D eigenvalue weighted by Crippen LogP contribution is 2.33. The molecule has 1 atom stereocenters. The maximum Gasteiger partial charge on any atom is 0.134 e. The zero-order valence-electron chi connectivity index (χ0n) is 9.67. The van der Waals surface area contributed by atoms with Crippen molar-refractivity contribution in [2.75, 3.05) is 13.7 Å². The van der Waals surface area contributed by atoms with Crippen molar-refractivity contribution < 1.29 is 4.74 Å². The molecular weight excluding hydrogens is 206 g/mol. The minimum Gasteiger partial charge on any atom is -0.496 e. The molecule has 0 aromatic carbocycles. The molecule has 0 spiro atoms. The quantitative estimate of drug-likeness (QED) is 0.749. The summed E-state index contributed by atoms with van der Waals surface area (Å²) in [6.07, 6.45) is 1.12. The summed E-state index contributed by atoms with van der Waals surface area (Å²) >= 11 is 1.71. The van der Waals surface area contributed by atoms with Crippen molar-refractivity contribution in [1.29, 1.82) is 0 Å². The summed E-state index contributed by atoms with van der Waals surface area (Å²) in [5.41, 5.74) is 1.13. The third kappa shape index (κ3) is 3.08. The lowest BCUT2D eigenvalue weighted by Crippen LogP contribution is -2.22. The van der Waals surface area contributed by atoms with Crippen LogP contribution in [-0.2, 0) is 0 Å². The van der Waals surface area contributed by atoms with Crippen LogP contribution in [-0.4, -0.2) is 13.7 Å². The molecule has 1 aromatic heterocycles. The minimum atomic E-state index is 0.222. The standard InChI is InChI=1S/C12H19NOS/c1-5-7-13-11(9(2)3)12-10(14-4)6-8-15-12/h6,8,11,13H,2,5,7H2,1,3-4H3. The highest BCUT2D eigenvalue weighted by atomic mass is 32.1. The van der Waals surface area contributed by atoms with Gasteiger partial charge in [-0.1, -0.05) is 19.1 Å². The predicted octanol–water partition coefficient (Wildman–Crippen LogP) is 3.37. The Balaban J connectivity index is 2.83. The van der Waals surface area contributed by atoms with Crippen LogP contribution in [0.3, 0.4) is 0 Å². The maximum atomic E-state index is 5.33. The van der Waals surface area contributed by atoms with Crippen LogP contribution in [0.2, 0.25) is 0 Å². The fraction of sp³-hybridized carbons (Fsp3) is 0.500. The van der Waals surface area contributed by atoms with Crippen molar-refractivity contribution in [1.82, 2.24) is 5.32 Å². The first-order valence-electron chi connectivity index (χ1n) is 5.20. The average molecular weight is 225 g/mol. The first-order chi connectivity index (χ1) is 7.20. The monoisotopic (exact) mass is 225 g/mol. The Hall–Kier alpha value is -0.800. The Kier molecular flexibility index (Phi) is 4.85. The SMILES string of the molecule is C=C(C)C(NCCC)c1sccc1OC. The van der Waals surface area contributed by atoms with Crippen molar-refractivity contribution in [2.45, 2.75) is 26.3 Å². The van der Waals surface area contributed by atoms with Crippen LogP contribution in [0.25, 0.3) is 0 Å². The van der Waals surface area contributed by atoms with Gasteiger partial charge in [0.1, 0.15) is 5.75 Å². The third-order valence-electron chi connectivity index (χ3n) is 2.23. The van der Waals surface area contributed by atoms with E-state index in [1.54, 1.807) is 18.4 Å². The lowest BCUT2D eigenvalue weighted by atomic mass is 10.1. The first-order valence-corrected chi connectivity index (χ1v) is 6.08. The maximum absolute atomic E-state index is 5.33. The van der Waals surface area contributed by atoms with Gasteiger partial charge in [0.15, 0.2) is 0 Å². The van der Waals surface area contributed by atoms with Gasteiger partial charge in [-0.15, -0.1) is 11.3 Å². The van der Waals surface area contributed by atoms with Crippen LogP contribution in [0.1, 0.15) is 31.2 Å². The fourth-order valence-corrected chi connectivity index (χ4v) is 2.49. The summed E-state index contributed by atoms with van der Waals surface area (Å²) in [6, 6.07) is 2.23. The highest BCUT2D eigenvalue weighted by Gasteiger charge is 2.17. The molecule has 1 rings (SSSR count). The van der Waals surface area contributed by atoms with E-state index in [1.807, 2.05) is 13.0 Å². The molecule has 0 saturated heterocycles. The van der Waals surface area contributed by atoms with Crippen LogP contribution < -0.4 is 10.1 Å². The molecular formula is C12H19NOS. The molecule has 0 aliphatic heterocycles. The van der Waals surface area contributed by atoms with E-state index in [9.17, 15) is 0 Å². The van der Waals surface area contributed by atoms with Crippen LogP contribution in [0.15, 0.2) is 23.6 Å². The summed E-state index contributed by atoms with van der Waals surface area (Å²) in [5, 5.41) is 5.53. The number of ether oxygens (including phenoxy) is 1. The van der Waals surface area contributed by atoms with E-state index in [0.717, 1.165) is 24.3 Å². The van der Waals surface area contributed by atoms with Crippen LogP contribution >= 0.6 is 11.3 Å². The molecule has 1 heterocycles. The van der Waals surface area contributed by atoms with E-state index < -0.39 is 0 Å².